The maximum atomic E-state index is 4.67. The highest BCUT2D eigenvalue weighted by Crippen LogP contribution is 2.12. The summed E-state index contributed by atoms with van der Waals surface area (Å²) in [6, 6.07) is 19.0. The Kier molecular flexibility index (Phi) is 7.15. The van der Waals surface area contributed by atoms with Gasteiger partial charge in [-0.05, 0) is 36.6 Å². The fourth-order valence-electron chi connectivity index (χ4n) is 2.38. The molecule has 2 N–H and O–H groups in total. The van der Waals surface area contributed by atoms with Gasteiger partial charge in [0.2, 0.25) is 0 Å². The van der Waals surface area contributed by atoms with Crippen LogP contribution >= 0.6 is 0 Å². The van der Waals surface area contributed by atoms with E-state index in [-0.39, 0.29) is 0 Å². The van der Waals surface area contributed by atoms with Crippen molar-refractivity contribution in [1.82, 2.24) is 10.6 Å². The van der Waals surface area contributed by atoms with Crippen LogP contribution in [0.1, 0.15) is 18.1 Å². The molecule has 0 saturated carbocycles. The summed E-state index contributed by atoms with van der Waals surface area (Å²) in [6.45, 7) is 4.49. The first-order chi connectivity index (χ1) is 11.7. The van der Waals surface area contributed by atoms with Crippen molar-refractivity contribution in [3.63, 3.8) is 0 Å². The Balaban J connectivity index is 1.87. The van der Waals surface area contributed by atoms with E-state index in [1.807, 2.05) is 20.2 Å². The second kappa shape index (κ2) is 9.60. The van der Waals surface area contributed by atoms with E-state index in [2.05, 4.69) is 76.0 Å². The molecule has 0 atom stereocenters. The molecule has 0 saturated heterocycles. The zero-order valence-corrected chi connectivity index (χ0v) is 14.9. The smallest absolute Gasteiger partial charge is 0.191 e. The van der Waals surface area contributed by atoms with Crippen molar-refractivity contribution in [1.29, 1.82) is 0 Å². The van der Waals surface area contributed by atoms with Crippen molar-refractivity contribution >= 4 is 11.6 Å². The first kappa shape index (κ1) is 17.9. The van der Waals surface area contributed by atoms with Crippen molar-refractivity contribution < 1.29 is 0 Å². The first-order valence-corrected chi connectivity index (χ1v) is 8.51. The summed E-state index contributed by atoms with van der Waals surface area (Å²) in [5.41, 5.74) is 3.75. The van der Waals surface area contributed by atoms with Gasteiger partial charge in [0.1, 0.15) is 0 Å². The number of benzene rings is 2. The number of hydrogen-bond acceptors (Lipinski definition) is 2. The number of aliphatic imine (C=N–C) groups is 1. The van der Waals surface area contributed by atoms with Gasteiger partial charge in [-0.1, -0.05) is 42.5 Å². The van der Waals surface area contributed by atoms with Crippen molar-refractivity contribution in [2.45, 2.75) is 19.9 Å². The van der Waals surface area contributed by atoms with E-state index in [0.29, 0.717) is 6.54 Å². The van der Waals surface area contributed by atoms with Gasteiger partial charge in [0, 0.05) is 32.9 Å². The van der Waals surface area contributed by atoms with Crippen molar-refractivity contribution in [3.05, 3.63) is 65.7 Å². The van der Waals surface area contributed by atoms with E-state index >= 15 is 0 Å². The standard InChI is InChI=1S/C20H28N4/c1-4-21-20(22-15-14-17-8-6-5-7-9-17)23-16-18-10-12-19(13-11-18)24(2)3/h5-13H,4,14-16H2,1-3H3,(H2,21,22,23). The van der Waals surface area contributed by atoms with Crippen LogP contribution in [0.3, 0.4) is 0 Å². The van der Waals surface area contributed by atoms with Crippen LogP contribution in [0.4, 0.5) is 5.69 Å². The van der Waals surface area contributed by atoms with Gasteiger partial charge in [0.25, 0.3) is 0 Å². The number of anilines is 1. The summed E-state index contributed by atoms with van der Waals surface area (Å²) in [5, 5.41) is 6.70. The molecule has 4 heteroatoms. The highest BCUT2D eigenvalue weighted by atomic mass is 15.2. The highest BCUT2D eigenvalue weighted by molar-refractivity contribution is 5.79. The number of nitrogens with one attached hydrogen (secondary N) is 2. The fraction of sp³-hybridized carbons (Fsp3) is 0.350. The Labute approximate surface area is 145 Å². The normalized spacial score (nSPS) is 11.2. The number of rotatable bonds is 7. The fourth-order valence-corrected chi connectivity index (χ4v) is 2.38. The minimum atomic E-state index is 0.675. The third-order valence-corrected chi connectivity index (χ3v) is 3.77. The maximum absolute atomic E-state index is 4.67. The summed E-state index contributed by atoms with van der Waals surface area (Å²) >= 11 is 0. The lowest BCUT2D eigenvalue weighted by Crippen LogP contribution is -2.38. The Hall–Kier alpha value is -2.49. The lowest BCUT2D eigenvalue weighted by molar-refractivity contribution is 0.799. The van der Waals surface area contributed by atoms with Gasteiger partial charge in [-0.15, -0.1) is 0 Å². The molecular formula is C20H28N4. The molecule has 0 unspecified atom stereocenters. The topological polar surface area (TPSA) is 39.7 Å². The zero-order chi connectivity index (χ0) is 17.2. The van der Waals surface area contributed by atoms with Crippen LogP contribution in [0, 0.1) is 0 Å². The van der Waals surface area contributed by atoms with Gasteiger partial charge in [-0.25, -0.2) is 4.99 Å². The van der Waals surface area contributed by atoms with Crippen molar-refractivity contribution in [2.24, 2.45) is 4.99 Å². The summed E-state index contributed by atoms with van der Waals surface area (Å²) in [5.74, 6) is 0.866. The summed E-state index contributed by atoms with van der Waals surface area (Å²) in [4.78, 5) is 6.77. The van der Waals surface area contributed by atoms with E-state index in [4.69, 9.17) is 0 Å². The molecule has 128 valence electrons. The number of guanidine groups is 1. The van der Waals surface area contributed by atoms with Crippen LogP contribution in [0.2, 0.25) is 0 Å². The van der Waals surface area contributed by atoms with Crippen molar-refractivity contribution in [3.8, 4) is 0 Å². The molecule has 0 amide bonds. The SMILES string of the molecule is CCNC(=NCc1ccc(N(C)C)cc1)NCCc1ccccc1. The van der Waals surface area contributed by atoms with Crippen LogP contribution in [-0.4, -0.2) is 33.1 Å². The molecule has 0 aliphatic rings. The second-order valence-electron chi connectivity index (χ2n) is 5.92. The molecule has 0 heterocycles. The molecule has 0 radical (unpaired) electrons. The van der Waals surface area contributed by atoms with E-state index in [1.54, 1.807) is 0 Å². The minimum absolute atomic E-state index is 0.675. The molecule has 0 bridgehead atoms. The van der Waals surface area contributed by atoms with E-state index in [0.717, 1.165) is 25.5 Å². The monoisotopic (exact) mass is 324 g/mol. The third-order valence-electron chi connectivity index (χ3n) is 3.77. The van der Waals surface area contributed by atoms with Gasteiger partial charge in [-0.3, -0.25) is 0 Å². The lowest BCUT2D eigenvalue weighted by atomic mass is 10.1. The quantitative estimate of drug-likeness (QED) is 0.607. The van der Waals surface area contributed by atoms with E-state index in [1.165, 1.54) is 16.8 Å². The summed E-state index contributed by atoms with van der Waals surface area (Å²) in [7, 11) is 4.10. The van der Waals surface area contributed by atoms with Crippen LogP contribution < -0.4 is 15.5 Å². The number of hydrogen-bond donors (Lipinski definition) is 2. The van der Waals surface area contributed by atoms with Crippen LogP contribution in [0.15, 0.2) is 59.6 Å². The molecule has 4 nitrogen and oxygen atoms in total. The first-order valence-electron chi connectivity index (χ1n) is 8.51. The number of nitrogens with zero attached hydrogens (tertiary/aromatic N) is 2. The Morgan fingerprint density at radius 2 is 1.62 bits per heavy atom. The molecule has 2 aromatic carbocycles. The summed E-state index contributed by atoms with van der Waals surface area (Å²) < 4.78 is 0. The average Bonchev–Trinajstić information content (AvgIpc) is 2.61. The maximum Gasteiger partial charge on any atom is 0.191 e. The second-order valence-corrected chi connectivity index (χ2v) is 5.92. The van der Waals surface area contributed by atoms with E-state index in [9.17, 15) is 0 Å². The molecular weight excluding hydrogens is 296 g/mol. The molecule has 0 spiro atoms. The van der Waals surface area contributed by atoms with Crippen LogP contribution in [-0.2, 0) is 13.0 Å². The molecule has 0 aliphatic heterocycles. The van der Waals surface area contributed by atoms with Gasteiger partial charge in [-0.2, -0.15) is 0 Å². The molecule has 0 aromatic heterocycles. The Bertz CT molecular complexity index is 618. The molecule has 0 aliphatic carbocycles. The van der Waals surface area contributed by atoms with Crippen molar-refractivity contribution in [2.75, 3.05) is 32.1 Å². The van der Waals surface area contributed by atoms with Crippen LogP contribution in [0.5, 0.6) is 0 Å². The zero-order valence-electron chi connectivity index (χ0n) is 14.9. The van der Waals surface area contributed by atoms with Gasteiger partial charge < -0.3 is 15.5 Å². The third kappa shape index (κ3) is 5.95. The predicted molar refractivity (Wildman–Crippen MR) is 104 cm³/mol. The molecule has 2 aromatic rings. The van der Waals surface area contributed by atoms with Gasteiger partial charge >= 0.3 is 0 Å². The summed E-state index contributed by atoms with van der Waals surface area (Å²) in [6.07, 6.45) is 0.989. The Morgan fingerprint density at radius 1 is 0.917 bits per heavy atom. The minimum Gasteiger partial charge on any atom is -0.378 e. The van der Waals surface area contributed by atoms with Gasteiger partial charge in [0.05, 0.1) is 6.54 Å². The molecule has 2 rings (SSSR count). The highest BCUT2D eigenvalue weighted by Gasteiger charge is 1.99. The average molecular weight is 324 g/mol. The predicted octanol–water partition coefficient (Wildman–Crippen LogP) is 3.05. The molecule has 24 heavy (non-hydrogen) atoms. The van der Waals surface area contributed by atoms with Crippen LogP contribution in [0.25, 0.3) is 0 Å². The van der Waals surface area contributed by atoms with E-state index < -0.39 is 0 Å². The lowest BCUT2D eigenvalue weighted by Gasteiger charge is -2.13. The molecule has 0 fully saturated rings. The van der Waals surface area contributed by atoms with Gasteiger partial charge in [0.15, 0.2) is 5.96 Å². The Morgan fingerprint density at radius 3 is 2.25 bits per heavy atom. The largest absolute Gasteiger partial charge is 0.378 e.